The Morgan fingerprint density at radius 1 is 1.56 bits per heavy atom. The monoisotopic (exact) mass is 224 g/mol. The van der Waals surface area contributed by atoms with Crippen LogP contribution in [0.1, 0.15) is 6.92 Å². The molecule has 0 spiro atoms. The Kier molecular flexibility index (Phi) is 3.93. The van der Waals surface area contributed by atoms with Gasteiger partial charge in [-0.05, 0) is 6.92 Å². The summed E-state index contributed by atoms with van der Waals surface area (Å²) < 4.78 is 7.71. The van der Waals surface area contributed by atoms with Gasteiger partial charge in [-0.2, -0.15) is 0 Å². The number of hydrogen-bond donors (Lipinski definition) is 1. The van der Waals surface area contributed by atoms with Gasteiger partial charge in [-0.1, -0.05) is 0 Å². The van der Waals surface area contributed by atoms with Crippen molar-refractivity contribution >= 4 is 0 Å². The van der Waals surface area contributed by atoms with E-state index in [1.165, 1.54) is 0 Å². The van der Waals surface area contributed by atoms with Gasteiger partial charge in [0.05, 0.1) is 19.0 Å². The molecule has 5 nitrogen and oxygen atoms in total. The minimum absolute atomic E-state index is 0.107. The molecule has 0 bridgehead atoms. The molecule has 1 aromatic heterocycles. The lowest BCUT2D eigenvalue weighted by molar-refractivity contribution is -0.0383. The van der Waals surface area contributed by atoms with Crippen molar-refractivity contribution in [3.63, 3.8) is 0 Å². The van der Waals surface area contributed by atoms with Gasteiger partial charge in [0.15, 0.2) is 0 Å². The molecule has 1 aromatic rings. The SMILES string of the molecule is CC(N)C1CN(CCn2ccnc2)CCO1. The third kappa shape index (κ3) is 3.04. The molecule has 16 heavy (non-hydrogen) atoms. The fourth-order valence-electron chi connectivity index (χ4n) is 1.93. The van der Waals surface area contributed by atoms with Crippen LogP contribution < -0.4 is 5.73 Å². The van der Waals surface area contributed by atoms with E-state index in [1.807, 2.05) is 25.6 Å². The summed E-state index contributed by atoms with van der Waals surface area (Å²) in [5.74, 6) is 0. The van der Waals surface area contributed by atoms with Crippen molar-refractivity contribution in [1.82, 2.24) is 14.5 Å². The van der Waals surface area contributed by atoms with Crippen LogP contribution in [0.3, 0.4) is 0 Å². The molecule has 1 aliphatic heterocycles. The van der Waals surface area contributed by atoms with E-state index in [0.717, 1.165) is 32.8 Å². The van der Waals surface area contributed by atoms with Crippen LogP contribution in [0.25, 0.3) is 0 Å². The first kappa shape index (κ1) is 11.6. The van der Waals surface area contributed by atoms with E-state index in [-0.39, 0.29) is 12.1 Å². The largest absolute Gasteiger partial charge is 0.374 e. The van der Waals surface area contributed by atoms with Crippen LogP contribution in [0, 0.1) is 0 Å². The highest BCUT2D eigenvalue weighted by molar-refractivity contribution is 4.79. The average Bonchev–Trinajstić information content (AvgIpc) is 2.79. The number of imidazole rings is 1. The molecule has 0 aromatic carbocycles. The molecule has 90 valence electrons. The van der Waals surface area contributed by atoms with E-state index >= 15 is 0 Å². The summed E-state index contributed by atoms with van der Waals surface area (Å²) in [6.45, 7) is 6.74. The fraction of sp³-hybridized carbons (Fsp3) is 0.727. The molecule has 2 unspecified atom stereocenters. The van der Waals surface area contributed by atoms with Crippen molar-refractivity contribution in [2.75, 3.05) is 26.2 Å². The molecule has 2 rings (SSSR count). The molecule has 1 aliphatic rings. The standard InChI is InChI=1S/C11H20N4O/c1-10(12)11-8-14(6-7-16-11)4-5-15-3-2-13-9-15/h2-3,9-11H,4-8,12H2,1H3. The zero-order chi connectivity index (χ0) is 11.4. The van der Waals surface area contributed by atoms with Crippen LogP contribution in [0.5, 0.6) is 0 Å². The normalized spacial score (nSPS) is 24.5. The number of nitrogens with two attached hydrogens (primary N) is 1. The Labute approximate surface area is 96.2 Å². The van der Waals surface area contributed by atoms with E-state index in [1.54, 1.807) is 0 Å². The van der Waals surface area contributed by atoms with E-state index in [4.69, 9.17) is 10.5 Å². The molecule has 1 fully saturated rings. The van der Waals surface area contributed by atoms with Gasteiger partial charge in [0.2, 0.25) is 0 Å². The lowest BCUT2D eigenvalue weighted by Gasteiger charge is -2.34. The van der Waals surface area contributed by atoms with E-state index in [9.17, 15) is 0 Å². The third-order valence-corrected chi connectivity index (χ3v) is 3.00. The highest BCUT2D eigenvalue weighted by Crippen LogP contribution is 2.07. The van der Waals surface area contributed by atoms with Gasteiger partial charge in [-0.25, -0.2) is 4.98 Å². The first-order valence-electron chi connectivity index (χ1n) is 5.81. The van der Waals surface area contributed by atoms with E-state index in [0.29, 0.717) is 0 Å². The maximum atomic E-state index is 5.85. The van der Waals surface area contributed by atoms with Crippen molar-refractivity contribution in [2.24, 2.45) is 5.73 Å². The Balaban J connectivity index is 1.77. The molecule has 0 saturated carbocycles. The van der Waals surface area contributed by atoms with E-state index < -0.39 is 0 Å². The summed E-state index contributed by atoms with van der Waals surface area (Å²) >= 11 is 0. The van der Waals surface area contributed by atoms with Gasteiger partial charge in [0.25, 0.3) is 0 Å². The Hall–Kier alpha value is -0.910. The van der Waals surface area contributed by atoms with Crippen LogP contribution in [-0.2, 0) is 11.3 Å². The lowest BCUT2D eigenvalue weighted by atomic mass is 10.1. The topological polar surface area (TPSA) is 56.3 Å². The Morgan fingerprint density at radius 3 is 3.12 bits per heavy atom. The predicted molar refractivity (Wildman–Crippen MR) is 62.1 cm³/mol. The first-order valence-corrected chi connectivity index (χ1v) is 5.81. The Morgan fingerprint density at radius 2 is 2.44 bits per heavy atom. The minimum Gasteiger partial charge on any atom is -0.374 e. The van der Waals surface area contributed by atoms with Crippen molar-refractivity contribution < 1.29 is 4.74 Å². The van der Waals surface area contributed by atoms with Crippen molar-refractivity contribution in [3.05, 3.63) is 18.7 Å². The summed E-state index contributed by atoms with van der Waals surface area (Å²) in [5.41, 5.74) is 5.85. The summed E-state index contributed by atoms with van der Waals surface area (Å²) in [6.07, 6.45) is 5.83. The van der Waals surface area contributed by atoms with Gasteiger partial charge in [0.1, 0.15) is 0 Å². The summed E-state index contributed by atoms with van der Waals surface area (Å²) in [7, 11) is 0. The van der Waals surface area contributed by atoms with Gasteiger partial charge in [-0.3, -0.25) is 4.90 Å². The second kappa shape index (κ2) is 5.43. The number of rotatable bonds is 4. The van der Waals surface area contributed by atoms with E-state index in [2.05, 4.69) is 14.5 Å². The quantitative estimate of drug-likeness (QED) is 0.778. The van der Waals surface area contributed by atoms with Gasteiger partial charge < -0.3 is 15.0 Å². The molecule has 0 radical (unpaired) electrons. The first-order chi connectivity index (χ1) is 7.75. The number of nitrogens with zero attached hydrogens (tertiary/aromatic N) is 3. The second-order valence-electron chi connectivity index (χ2n) is 4.37. The summed E-state index contributed by atoms with van der Waals surface area (Å²) in [6, 6.07) is 0.107. The number of hydrogen-bond acceptors (Lipinski definition) is 4. The lowest BCUT2D eigenvalue weighted by Crippen LogP contribution is -2.50. The fourth-order valence-corrected chi connectivity index (χ4v) is 1.93. The molecular weight excluding hydrogens is 204 g/mol. The van der Waals surface area contributed by atoms with Crippen LogP contribution in [-0.4, -0.2) is 52.8 Å². The number of aromatic nitrogens is 2. The molecule has 2 atom stereocenters. The van der Waals surface area contributed by atoms with Crippen LogP contribution in [0.15, 0.2) is 18.7 Å². The van der Waals surface area contributed by atoms with Gasteiger partial charge >= 0.3 is 0 Å². The molecule has 0 aliphatic carbocycles. The number of morpholine rings is 1. The highest BCUT2D eigenvalue weighted by atomic mass is 16.5. The van der Waals surface area contributed by atoms with Gasteiger partial charge in [-0.15, -0.1) is 0 Å². The molecule has 1 saturated heterocycles. The highest BCUT2D eigenvalue weighted by Gasteiger charge is 2.22. The molecule has 0 amide bonds. The van der Waals surface area contributed by atoms with Crippen molar-refractivity contribution in [1.29, 1.82) is 0 Å². The maximum absolute atomic E-state index is 5.85. The second-order valence-corrected chi connectivity index (χ2v) is 4.37. The van der Waals surface area contributed by atoms with Gasteiger partial charge in [0, 0.05) is 44.6 Å². The smallest absolute Gasteiger partial charge is 0.0946 e. The maximum Gasteiger partial charge on any atom is 0.0946 e. The molecule has 5 heteroatoms. The average molecular weight is 224 g/mol. The van der Waals surface area contributed by atoms with Crippen LogP contribution in [0.2, 0.25) is 0 Å². The van der Waals surface area contributed by atoms with Crippen LogP contribution >= 0.6 is 0 Å². The molecule has 2 heterocycles. The molecule has 2 N–H and O–H groups in total. The summed E-state index contributed by atoms with van der Waals surface area (Å²) in [4.78, 5) is 6.43. The molecular formula is C11H20N4O. The zero-order valence-electron chi connectivity index (χ0n) is 9.75. The minimum atomic E-state index is 0.107. The Bertz CT molecular complexity index is 299. The third-order valence-electron chi connectivity index (χ3n) is 3.00. The van der Waals surface area contributed by atoms with Crippen molar-refractivity contribution in [2.45, 2.75) is 25.6 Å². The predicted octanol–water partition coefficient (Wildman–Crippen LogP) is -0.0689. The number of ether oxygens (including phenoxy) is 1. The van der Waals surface area contributed by atoms with Crippen LogP contribution in [0.4, 0.5) is 0 Å². The summed E-state index contributed by atoms with van der Waals surface area (Å²) in [5, 5.41) is 0. The van der Waals surface area contributed by atoms with Crippen molar-refractivity contribution in [3.8, 4) is 0 Å². The zero-order valence-corrected chi connectivity index (χ0v) is 9.75.